The molecule has 1 amide bonds. The van der Waals surface area contributed by atoms with Gasteiger partial charge in [-0.05, 0) is 79.6 Å². The molecule has 1 N–H and O–H groups in total. The van der Waals surface area contributed by atoms with E-state index < -0.39 is 9.84 Å². The molecule has 218 valence electrons. The molecule has 3 heterocycles. The molecule has 2 aromatic carbocycles. The van der Waals surface area contributed by atoms with Crippen LogP contribution >= 0.6 is 0 Å². The van der Waals surface area contributed by atoms with Crippen LogP contribution in [0.15, 0.2) is 70.4 Å². The van der Waals surface area contributed by atoms with E-state index in [9.17, 15) is 18.0 Å². The predicted octanol–water partition coefficient (Wildman–Crippen LogP) is 4.44. The van der Waals surface area contributed by atoms with E-state index in [4.69, 9.17) is 9.97 Å². The van der Waals surface area contributed by atoms with Gasteiger partial charge in [-0.15, -0.1) is 0 Å². The zero-order valence-corrected chi connectivity index (χ0v) is 24.7. The van der Waals surface area contributed by atoms with Gasteiger partial charge in [-0.3, -0.25) is 14.2 Å². The van der Waals surface area contributed by atoms with Gasteiger partial charge < -0.3 is 10.2 Å². The number of amides is 1. The number of aryl methyl sites for hydroxylation is 1. The van der Waals surface area contributed by atoms with E-state index in [1.165, 1.54) is 43.9 Å². The van der Waals surface area contributed by atoms with Gasteiger partial charge in [0.1, 0.15) is 0 Å². The number of piperidine rings is 1. The van der Waals surface area contributed by atoms with Crippen LogP contribution in [0.4, 0.5) is 5.95 Å². The number of hydrogen-bond acceptors (Lipinski definition) is 7. The quantitative estimate of drug-likeness (QED) is 0.356. The van der Waals surface area contributed by atoms with E-state index in [0.29, 0.717) is 28.8 Å². The summed E-state index contributed by atoms with van der Waals surface area (Å²) in [4.78, 5) is 38.3. The van der Waals surface area contributed by atoms with Crippen molar-refractivity contribution >= 4 is 32.7 Å². The van der Waals surface area contributed by atoms with Crippen molar-refractivity contribution in [1.82, 2.24) is 19.9 Å². The Morgan fingerprint density at radius 2 is 1.64 bits per heavy atom. The van der Waals surface area contributed by atoms with E-state index in [2.05, 4.69) is 10.2 Å². The molecule has 10 heteroatoms. The largest absolute Gasteiger partial charge is 0.348 e. The Labute approximate surface area is 245 Å². The Balaban J connectivity index is 1.23. The molecule has 1 aliphatic carbocycles. The van der Waals surface area contributed by atoms with Gasteiger partial charge in [-0.1, -0.05) is 31.4 Å². The molecular formula is C32H35N5O4S. The second-order valence-corrected chi connectivity index (χ2v) is 13.6. The lowest BCUT2D eigenvalue weighted by Crippen LogP contribution is -2.42. The standard InChI is InChI=1S/C32H35N5O4S/c1-21-28-15-16-29(38)37(30(28)35-32(34-21)36-18-17-23-5-3-4-6-25(23)20-36)26-11-9-24(10-12-26)31(39)33-19-22-7-13-27(14-8-22)42(2,40)41/h7-16,23,25H,3-6,17-20H2,1-2H3,(H,33,39). The first kappa shape index (κ1) is 28.1. The minimum Gasteiger partial charge on any atom is -0.348 e. The van der Waals surface area contributed by atoms with Crippen molar-refractivity contribution in [3.8, 4) is 5.69 Å². The van der Waals surface area contributed by atoms with Crippen molar-refractivity contribution in [2.24, 2.45) is 11.8 Å². The Morgan fingerprint density at radius 1 is 0.929 bits per heavy atom. The van der Waals surface area contributed by atoms with Crippen molar-refractivity contribution in [2.45, 2.75) is 50.5 Å². The Hall–Kier alpha value is -4.05. The van der Waals surface area contributed by atoms with Crippen LogP contribution in [-0.2, 0) is 16.4 Å². The highest BCUT2D eigenvalue weighted by atomic mass is 32.2. The van der Waals surface area contributed by atoms with Crippen LogP contribution in [0.1, 0.15) is 53.7 Å². The number of fused-ring (bicyclic) bond motifs is 2. The van der Waals surface area contributed by atoms with Crippen LogP contribution in [0.25, 0.3) is 16.7 Å². The van der Waals surface area contributed by atoms with E-state index in [1.807, 2.05) is 6.92 Å². The van der Waals surface area contributed by atoms with Crippen molar-refractivity contribution < 1.29 is 13.2 Å². The third-order valence-electron chi connectivity index (χ3n) is 8.70. The Morgan fingerprint density at radius 3 is 2.36 bits per heavy atom. The summed E-state index contributed by atoms with van der Waals surface area (Å²) in [6.45, 7) is 4.09. The third kappa shape index (κ3) is 5.68. The monoisotopic (exact) mass is 585 g/mol. The fourth-order valence-electron chi connectivity index (χ4n) is 6.33. The second kappa shape index (κ2) is 11.3. The average Bonchev–Trinajstić information content (AvgIpc) is 2.99. The lowest BCUT2D eigenvalue weighted by atomic mass is 9.75. The summed E-state index contributed by atoms with van der Waals surface area (Å²) < 4.78 is 24.9. The zero-order chi connectivity index (χ0) is 29.4. The minimum absolute atomic E-state index is 0.202. The summed E-state index contributed by atoms with van der Waals surface area (Å²) in [5.74, 6) is 1.87. The molecule has 0 radical (unpaired) electrons. The molecule has 1 saturated heterocycles. The van der Waals surface area contributed by atoms with Gasteiger partial charge in [0.05, 0.1) is 16.3 Å². The number of carbonyl (C=O) groups is 1. The maximum absolute atomic E-state index is 13.2. The van der Waals surface area contributed by atoms with Crippen molar-refractivity contribution in [3.05, 3.63) is 87.8 Å². The van der Waals surface area contributed by atoms with Gasteiger partial charge in [-0.25, -0.2) is 13.4 Å². The van der Waals surface area contributed by atoms with Crippen molar-refractivity contribution in [2.75, 3.05) is 24.2 Å². The van der Waals surface area contributed by atoms with Gasteiger partial charge in [0.2, 0.25) is 5.95 Å². The highest BCUT2D eigenvalue weighted by Crippen LogP contribution is 2.37. The summed E-state index contributed by atoms with van der Waals surface area (Å²) in [5.41, 5.74) is 3.04. The summed E-state index contributed by atoms with van der Waals surface area (Å²) in [7, 11) is -3.27. The fraction of sp³-hybridized carbons (Fsp3) is 0.375. The predicted molar refractivity (Wildman–Crippen MR) is 163 cm³/mol. The second-order valence-electron chi connectivity index (χ2n) is 11.5. The lowest BCUT2D eigenvalue weighted by molar-refractivity contribution is 0.0951. The number of pyridine rings is 1. The van der Waals surface area contributed by atoms with Crippen LogP contribution in [0.3, 0.4) is 0 Å². The van der Waals surface area contributed by atoms with E-state index in [1.54, 1.807) is 47.0 Å². The zero-order valence-electron chi connectivity index (χ0n) is 23.9. The number of nitrogens with zero attached hydrogens (tertiary/aromatic N) is 4. The molecule has 1 aliphatic heterocycles. The SMILES string of the molecule is Cc1nc(N2CCC3CCCCC3C2)nc2c1ccc(=O)n2-c1ccc(C(=O)NCc2ccc(S(C)(=O)=O)cc2)cc1. The van der Waals surface area contributed by atoms with Crippen LogP contribution in [-0.4, -0.2) is 48.2 Å². The molecule has 9 nitrogen and oxygen atoms in total. The summed E-state index contributed by atoms with van der Waals surface area (Å²) >= 11 is 0. The maximum Gasteiger partial charge on any atom is 0.256 e. The van der Waals surface area contributed by atoms with Crippen LogP contribution < -0.4 is 15.8 Å². The van der Waals surface area contributed by atoms with E-state index >= 15 is 0 Å². The highest BCUT2D eigenvalue weighted by molar-refractivity contribution is 7.90. The topological polar surface area (TPSA) is 114 Å². The number of nitrogens with one attached hydrogen (secondary N) is 1. The fourth-order valence-corrected chi connectivity index (χ4v) is 6.96. The molecule has 4 aromatic rings. The number of benzene rings is 2. The van der Waals surface area contributed by atoms with Crippen LogP contribution in [0, 0.1) is 18.8 Å². The molecule has 6 rings (SSSR count). The van der Waals surface area contributed by atoms with Gasteiger partial charge in [0, 0.05) is 42.9 Å². The first-order valence-electron chi connectivity index (χ1n) is 14.5. The molecule has 42 heavy (non-hydrogen) atoms. The molecule has 2 unspecified atom stereocenters. The van der Waals surface area contributed by atoms with Gasteiger partial charge in [0.25, 0.3) is 11.5 Å². The van der Waals surface area contributed by atoms with E-state index in [0.717, 1.165) is 48.3 Å². The van der Waals surface area contributed by atoms with Gasteiger partial charge in [-0.2, -0.15) is 4.98 Å². The number of aromatic nitrogens is 3. The van der Waals surface area contributed by atoms with Gasteiger partial charge >= 0.3 is 0 Å². The Kier molecular flexibility index (Phi) is 7.57. The number of anilines is 1. The smallest absolute Gasteiger partial charge is 0.256 e. The first-order valence-corrected chi connectivity index (χ1v) is 16.4. The van der Waals surface area contributed by atoms with Gasteiger partial charge in [0.15, 0.2) is 15.5 Å². The third-order valence-corrected chi connectivity index (χ3v) is 9.82. The van der Waals surface area contributed by atoms with Crippen molar-refractivity contribution in [3.63, 3.8) is 0 Å². The van der Waals surface area contributed by atoms with Crippen LogP contribution in [0.2, 0.25) is 0 Å². The molecule has 1 saturated carbocycles. The minimum atomic E-state index is -3.27. The lowest BCUT2D eigenvalue weighted by Gasteiger charge is -2.41. The molecule has 0 bridgehead atoms. The molecule has 2 aliphatic rings. The average molecular weight is 586 g/mol. The summed E-state index contributed by atoms with van der Waals surface area (Å²) in [6, 6.07) is 16.6. The number of hydrogen-bond donors (Lipinski definition) is 1. The van der Waals surface area contributed by atoms with E-state index in [-0.39, 0.29) is 22.9 Å². The number of carbonyl (C=O) groups excluding carboxylic acids is 1. The Bertz CT molecular complexity index is 1800. The highest BCUT2D eigenvalue weighted by Gasteiger charge is 2.32. The first-order chi connectivity index (χ1) is 20.2. The van der Waals surface area contributed by atoms with Crippen molar-refractivity contribution in [1.29, 1.82) is 0 Å². The number of rotatable bonds is 6. The normalized spacial score (nSPS) is 19.0. The molecule has 0 spiro atoms. The summed E-state index contributed by atoms with van der Waals surface area (Å²) in [5, 5.41) is 3.68. The molecular weight excluding hydrogens is 550 g/mol. The molecule has 2 aromatic heterocycles. The maximum atomic E-state index is 13.2. The number of sulfone groups is 1. The summed E-state index contributed by atoms with van der Waals surface area (Å²) in [6.07, 6.45) is 7.52. The molecule has 2 fully saturated rings. The van der Waals surface area contributed by atoms with Crippen LogP contribution in [0.5, 0.6) is 0 Å². The molecule has 2 atom stereocenters.